The van der Waals surface area contributed by atoms with E-state index < -0.39 is 4.92 Å². The van der Waals surface area contributed by atoms with Crippen LogP contribution in [0.4, 0.5) is 11.5 Å². The molecular weight excluding hydrogens is 306 g/mol. The molecule has 1 aromatic heterocycles. The third-order valence-electron chi connectivity index (χ3n) is 3.89. The maximum Gasteiger partial charge on any atom is 0.270 e. The van der Waals surface area contributed by atoms with E-state index in [9.17, 15) is 15.2 Å². The summed E-state index contributed by atoms with van der Waals surface area (Å²) in [4.78, 5) is 14.9. The minimum Gasteiger partial charge on any atom is -0.508 e. The number of nitro benzene ring substituents is 1. The van der Waals surface area contributed by atoms with Gasteiger partial charge in [-0.15, -0.1) is 0 Å². The van der Waals surface area contributed by atoms with Crippen molar-refractivity contribution in [1.82, 2.24) is 4.98 Å². The zero-order valence-corrected chi connectivity index (χ0v) is 13.1. The average Bonchev–Trinajstić information content (AvgIpc) is 2.59. The number of fused-ring (bicyclic) bond motifs is 1. The number of nitrogens with one attached hydrogen (secondary N) is 1. The highest BCUT2D eigenvalue weighted by Crippen LogP contribution is 2.26. The smallest absolute Gasteiger partial charge is 0.270 e. The zero-order chi connectivity index (χ0) is 17.1. The van der Waals surface area contributed by atoms with Gasteiger partial charge in [0.2, 0.25) is 0 Å². The number of non-ortho nitro benzene ring substituents is 1. The van der Waals surface area contributed by atoms with E-state index in [1.165, 1.54) is 12.1 Å². The van der Waals surface area contributed by atoms with Gasteiger partial charge in [0, 0.05) is 17.5 Å². The molecule has 1 heterocycles. The lowest BCUT2D eigenvalue weighted by molar-refractivity contribution is -0.384. The molecule has 122 valence electrons. The van der Waals surface area contributed by atoms with Gasteiger partial charge in [0.05, 0.1) is 16.5 Å². The van der Waals surface area contributed by atoms with Crippen LogP contribution >= 0.6 is 0 Å². The largest absolute Gasteiger partial charge is 0.508 e. The lowest BCUT2D eigenvalue weighted by Crippen LogP contribution is -2.10. The molecule has 6 nitrogen and oxygen atoms in total. The molecule has 1 atom stereocenters. The van der Waals surface area contributed by atoms with Crippen LogP contribution < -0.4 is 5.32 Å². The Morgan fingerprint density at radius 3 is 2.75 bits per heavy atom. The van der Waals surface area contributed by atoms with E-state index in [0.29, 0.717) is 11.3 Å². The number of phenolic OH excluding ortho intramolecular Hbond substituents is 1. The zero-order valence-electron chi connectivity index (χ0n) is 13.1. The standard InChI is InChI=1S/C18H17N3O3/c1-2-16(12-4-3-5-15(22)11-12)19-18-9-6-13-10-14(21(23)24)7-8-17(13)20-18/h3-11,16,22H,2H2,1H3,(H,19,20). The van der Waals surface area contributed by atoms with Crippen molar-refractivity contribution in [2.75, 3.05) is 5.32 Å². The van der Waals surface area contributed by atoms with Crippen molar-refractivity contribution in [2.45, 2.75) is 19.4 Å². The quantitative estimate of drug-likeness (QED) is 0.536. The van der Waals surface area contributed by atoms with Crippen LogP contribution in [0.1, 0.15) is 24.9 Å². The van der Waals surface area contributed by atoms with E-state index in [1.807, 2.05) is 25.1 Å². The average molecular weight is 323 g/mol. The first-order chi connectivity index (χ1) is 11.6. The number of hydrogen-bond donors (Lipinski definition) is 2. The Balaban J connectivity index is 1.88. The fourth-order valence-corrected chi connectivity index (χ4v) is 2.65. The highest BCUT2D eigenvalue weighted by atomic mass is 16.6. The molecule has 2 aromatic carbocycles. The van der Waals surface area contributed by atoms with Gasteiger partial charge in [-0.05, 0) is 42.3 Å². The Kier molecular flexibility index (Phi) is 4.29. The molecule has 0 fully saturated rings. The fourth-order valence-electron chi connectivity index (χ4n) is 2.65. The van der Waals surface area contributed by atoms with Crippen LogP contribution in [0.25, 0.3) is 10.9 Å². The van der Waals surface area contributed by atoms with Gasteiger partial charge in [-0.25, -0.2) is 4.98 Å². The van der Waals surface area contributed by atoms with Crippen molar-refractivity contribution in [3.8, 4) is 5.75 Å². The summed E-state index contributed by atoms with van der Waals surface area (Å²) < 4.78 is 0. The van der Waals surface area contributed by atoms with Crippen molar-refractivity contribution in [1.29, 1.82) is 0 Å². The lowest BCUT2D eigenvalue weighted by atomic mass is 10.0. The summed E-state index contributed by atoms with van der Waals surface area (Å²) in [6.07, 6.45) is 0.823. The van der Waals surface area contributed by atoms with E-state index in [2.05, 4.69) is 10.3 Å². The number of pyridine rings is 1. The third kappa shape index (κ3) is 3.27. The number of nitrogens with zero attached hydrogens (tertiary/aromatic N) is 2. The van der Waals surface area contributed by atoms with Crippen LogP contribution in [-0.2, 0) is 0 Å². The molecule has 0 spiro atoms. The van der Waals surface area contributed by atoms with E-state index in [4.69, 9.17) is 0 Å². The molecule has 24 heavy (non-hydrogen) atoms. The number of rotatable bonds is 5. The van der Waals surface area contributed by atoms with Crippen LogP contribution in [0.15, 0.2) is 54.6 Å². The monoisotopic (exact) mass is 323 g/mol. The van der Waals surface area contributed by atoms with Gasteiger partial charge in [-0.3, -0.25) is 10.1 Å². The van der Waals surface area contributed by atoms with Crippen molar-refractivity contribution < 1.29 is 10.0 Å². The molecule has 0 aliphatic heterocycles. The summed E-state index contributed by atoms with van der Waals surface area (Å²) in [5.74, 6) is 0.915. The van der Waals surface area contributed by atoms with Crippen molar-refractivity contribution in [3.05, 3.63) is 70.3 Å². The summed E-state index contributed by atoms with van der Waals surface area (Å²) in [6, 6.07) is 15.4. The molecule has 2 N–H and O–H groups in total. The van der Waals surface area contributed by atoms with Crippen LogP contribution in [-0.4, -0.2) is 15.0 Å². The molecule has 1 unspecified atom stereocenters. The molecule has 0 bridgehead atoms. The molecule has 0 amide bonds. The van der Waals surface area contributed by atoms with E-state index >= 15 is 0 Å². The summed E-state index contributed by atoms with van der Waals surface area (Å²) in [7, 11) is 0. The van der Waals surface area contributed by atoms with Gasteiger partial charge in [-0.1, -0.05) is 19.1 Å². The van der Waals surface area contributed by atoms with Crippen LogP contribution in [0.3, 0.4) is 0 Å². The van der Waals surface area contributed by atoms with Gasteiger partial charge in [0.1, 0.15) is 11.6 Å². The predicted molar refractivity (Wildman–Crippen MR) is 93.2 cm³/mol. The van der Waals surface area contributed by atoms with Crippen molar-refractivity contribution in [2.24, 2.45) is 0 Å². The normalized spacial score (nSPS) is 12.0. The molecular formula is C18H17N3O3. The number of anilines is 1. The Labute approximate surface area is 138 Å². The van der Waals surface area contributed by atoms with E-state index in [1.54, 1.807) is 24.3 Å². The van der Waals surface area contributed by atoms with Gasteiger partial charge >= 0.3 is 0 Å². The Hall–Kier alpha value is -3.15. The molecule has 3 aromatic rings. The lowest BCUT2D eigenvalue weighted by Gasteiger charge is -2.18. The van der Waals surface area contributed by atoms with Crippen molar-refractivity contribution in [3.63, 3.8) is 0 Å². The molecule has 3 rings (SSSR count). The van der Waals surface area contributed by atoms with Crippen LogP contribution in [0.2, 0.25) is 0 Å². The maximum atomic E-state index is 10.8. The number of benzene rings is 2. The number of hydrogen-bond acceptors (Lipinski definition) is 5. The Morgan fingerprint density at radius 1 is 1.21 bits per heavy atom. The van der Waals surface area contributed by atoms with Gasteiger partial charge in [-0.2, -0.15) is 0 Å². The maximum absolute atomic E-state index is 10.8. The highest BCUT2D eigenvalue weighted by molar-refractivity contribution is 5.82. The second kappa shape index (κ2) is 6.54. The Morgan fingerprint density at radius 2 is 2.04 bits per heavy atom. The van der Waals surface area contributed by atoms with E-state index in [-0.39, 0.29) is 17.5 Å². The van der Waals surface area contributed by atoms with Gasteiger partial charge < -0.3 is 10.4 Å². The first-order valence-electron chi connectivity index (χ1n) is 7.67. The summed E-state index contributed by atoms with van der Waals surface area (Å²) in [5.41, 5.74) is 1.72. The second-order valence-corrected chi connectivity index (χ2v) is 5.53. The molecule has 0 aliphatic carbocycles. The van der Waals surface area contributed by atoms with Crippen molar-refractivity contribution >= 4 is 22.4 Å². The predicted octanol–water partition coefficient (Wildman–Crippen LogP) is 4.41. The summed E-state index contributed by atoms with van der Waals surface area (Å²) >= 11 is 0. The summed E-state index contributed by atoms with van der Waals surface area (Å²) in [6.45, 7) is 2.05. The number of aromatic nitrogens is 1. The number of aromatic hydroxyl groups is 1. The van der Waals surface area contributed by atoms with Gasteiger partial charge in [0.15, 0.2) is 0 Å². The first kappa shape index (κ1) is 15.7. The third-order valence-corrected chi connectivity index (χ3v) is 3.89. The minimum absolute atomic E-state index is 0.0140. The molecule has 0 saturated heterocycles. The number of nitro groups is 1. The first-order valence-corrected chi connectivity index (χ1v) is 7.67. The fraction of sp³-hybridized carbons (Fsp3) is 0.167. The molecule has 0 saturated carbocycles. The van der Waals surface area contributed by atoms with Gasteiger partial charge in [0.25, 0.3) is 5.69 Å². The second-order valence-electron chi connectivity index (χ2n) is 5.53. The van der Waals surface area contributed by atoms with E-state index in [0.717, 1.165) is 17.4 Å². The van der Waals surface area contributed by atoms with Crippen LogP contribution in [0, 0.1) is 10.1 Å². The highest BCUT2D eigenvalue weighted by Gasteiger charge is 2.12. The molecule has 6 heteroatoms. The minimum atomic E-state index is -0.416. The number of phenols is 1. The summed E-state index contributed by atoms with van der Waals surface area (Å²) in [5, 5.41) is 24.5. The Bertz CT molecular complexity index is 896. The molecule has 0 aliphatic rings. The SMILES string of the molecule is CCC(Nc1ccc2cc([N+](=O)[O-])ccc2n1)c1cccc(O)c1. The topological polar surface area (TPSA) is 88.3 Å². The molecule has 0 radical (unpaired) electrons. The van der Waals surface area contributed by atoms with Crippen LogP contribution in [0.5, 0.6) is 5.75 Å².